The van der Waals surface area contributed by atoms with E-state index in [9.17, 15) is 18.5 Å². The van der Waals surface area contributed by atoms with Gasteiger partial charge in [-0.1, -0.05) is 30.3 Å². The summed E-state index contributed by atoms with van der Waals surface area (Å²) in [5, 5.41) is 9.92. The Morgan fingerprint density at radius 2 is 1.68 bits per heavy atom. The van der Waals surface area contributed by atoms with Crippen molar-refractivity contribution in [2.75, 3.05) is 73.4 Å². The molecule has 50 heavy (non-hydrogen) atoms. The number of rotatable bonds is 9. The molecule has 0 saturated carbocycles. The van der Waals surface area contributed by atoms with E-state index in [1.165, 1.54) is 6.20 Å². The van der Waals surface area contributed by atoms with Crippen LogP contribution in [0.5, 0.6) is 0 Å². The van der Waals surface area contributed by atoms with Crippen LogP contribution in [0.2, 0.25) is 5.02 Å². The highest BCUT2D eigenvalue weighted by molar-refractivity contribution is 7.70. The molecule has 15 heteroatoms. The average Bonchev–Trinajstić information content (AvgIpc) is 3.05. The van der Waals surface area contributed by atoms with E-state index in [4.69, 9.17) is 16.3 Å². The van der Waals surface area contributed by atoms with Crippen LogP contribution in [-0.2, 0) is 14.1 Å². The van der Waals surface area contributed by atoms with Crippen molar-refractivity contribution in [1.29, 1.82) is 0 Å². The van der Waals surface area contributed by atoms with Crippen molar-refractivity contribution < 1.29 is 23.3 Å². The molecule has 0 atom stereocenters. The number of carbonyl (C=O) groups excluding carboxylic acids is 2. The van der Waals surface area contributed by atoms with Gasteiger partial charge in [0.05, 0.1) is 23.3 Å². The molecule has 0 aliphatic carbocycles. The smallest absolute Gasteiger partial charge is 0.410 e. The van der Waals surface area contributed by atoms with Crippen LogP contribution in [0.3, 0.4) is 0 Å². The number of anilines is 6. The SMILES string of the molecule is C=C(F)C(=O)Nc1cc(Nc2ncc(Cl)c(Nc3ccccc3P(C)(C)=O)n2)ccc1N1CCC(N2CCN(C(=O)OC(C)(C)C)CC2)CC1. The zero-order valence-electron chi connectivity index (χ0n) is 29.1. The number of amides is 2. The van der Waals surface area contributed by atoms with Crippen molar-refractivity contribution in [2.45, 2.75) is 45.3 Å². The number of benzene rings is 2. The first-order valence-corrected chi connectivity index (χ1v) is 19.5. The highest BCUT2D eigenvalue weighted by Crippen LogP contribution is 2.39. The Morgan fingerprint density at radius 3 is 2.32 bits per heavy atom. The summed E-state index contributed by atoms with van der Waals surface area (Å²) < 4.78 is 32.3. The van der Waals surface area contributed by atoms with Gasteiger partial charge >= 0.3 is 6.09 Å². The molecule has 2 aromatic carbocycles. The van der Waals surface area contributed by atoms with Crippen molar-refractivity contribution >= 4 is 70.6 Å². The van der Waals surface area contributed by atoms with E-state index >= 15 is 0 Å². The molecule has 3 heterocycles. The monoisotopic (exact) mass is 726 g/mol. The van der Waals surface area contributed by atoms with Crippen molar-refractivity contribution in [3.8, 4) is 0 Å². The maximum absolute atomic E-state index is 13.9. The zero-order chi connectivity index (χ0) is 36.2. The quantitative estimate of drug-likeness (QED) is 0.160. The van der Waals surface area contributed by atoms with Crippen LogP contribution in [0.1, 0.15) is 33.6 Å². The highest BCUT2D eigenvalue weighted by atomic mass is 35.5. The normalized spacial score (nSPS) is 16.1. The third-order valence-corrected chi connectivity index (χ3v) is 10.3. The number of nitrogens with one attached hydrogen (secondary N) is 3. The first kappa shape index (κ1) is 37.1. The number of ether oxygens (including phenoxy) is 1. The molecule has 3 aromatic rings. The van der Waals surface area contributed by atoms with E-state index in [2.05, 4.69) is 42.3 Å². The second kappa shape index (κ2) is 15.4. The third-order valence-electron chi connectivity index (χ3n) is 8.52. The highest BCUT2D eigenvalue weighted by Gasteiger charge is 2.31. The number of nitrogens with zero attached hydrogens (tertiary/aromatic N) is 5. The van der Waals surface area contributed by atoms with E-state index in [1.807, 2.05) is 51.1 Å². The van der Waals surface area contributed by atoms with Gasteiger partial charge in [-0.2, -0.15) is 4.98 Å². The lowest BCUT2D eigenvalue weighted by Crippen LogP contribution is -2.55. The van der Waals surface area contributed by atoms with Gasteiger partial charge in [0.2, 0.25) is 5.95 Å². The van der Waals surface area contributed by atoms with E-state index in [0.29, 0.717) is 47.3 Å². The molecule has 0 unspecified atom stereocenters. The molecule has 0 spiro atoms. The summed E-state index contributed by atoms with van der Waals surface area (Å²) in [7, 11) is -2.59. The molecule has 0 bridgehead atoms. The number of para-hydroxylation sites is 1. The molecule has 2 saturated heterocycles. The number of hydrogen-bond donors (Lipinski definition) is 3. The van der Waals surface area contributed by atoms with Crippen LogP contribution in [0.15, 0.2) is 61.1 Å². The van der Waals surface area contributed by atoms with Gasteiger partial charge in [0.1, 0.15) is 17.8 Å². The minimum absolute atomic E-state index is 0.220. The van der Waals surface area contributed by atoms with Crippen molar-refractivity contribution in [3.63, 3.8) is 0 Å². The lowest BCUT2D eigenvalue weighted by Gasteiger charge is -2.43. The Balaban J connectivity index is 1.27. The van der Waals surface area contributed by atoms with Crippen molar-refractivity contribution in [3.05, 3.63) is 66.1 Å². The van der Waals surface area contributed by atoms with Gasteiger partial charge in [-0.05, 0) is 77.3 Å². The number of hydrogen-bond acceptors (Lipinski definition) is 10. The minimum atomic E-state index is -2.59. The second-order valence-corrected chi connectivity index (χ2v) is 17.4. The van der Waals surface area contributed by atoms with Gasteiger partial charge in [-0.25, -0.2) is 14.2 Å². The fourth-order valence-electron chi connectivity index (χ4n) is 6.07. The fraction of sp³-hybridized carbons (Fsp3) is 0.429. The largest absolute Gasteiger partial charge is 0.444 e. The Kier molecular flexibility index (Phi) is 11.4. The van der Waals surface area contributed by atoms with Crippen molar-refractivity contribution in [1.82, 2.24) is 19.8 Å². The predicted molar refractivity (Wildman–Crippen MR) is 199 cm³/mol. The number of aromatic nitrogens is 2. The van der Waals surface area contributed by atoms with Gasteiger partial charge in [-0.3, -0.25) is 9.69 Å². The van der Waals surface area contributed by atoms with Crippen LogP contribution < -0.4 is 26.2 Å². The summed E-state index contributed by atoms with van der Waals surface area (Å²) in [5.41, 5.74) is 1.80. The maximum atomic E-state index is 13.9. The van der Waals surface area contributed by atoms with Gasteiger partial charge in [0, 0.05) is 56.3 Å². The standard InChI is InChI=1S/C35H45ClFN8O4P/c1-23(37)32(46)41-28-21-24(39-33-38-22-26(36)31(42-33)40-27-9-7-8-10-30(27)50(5,6)48)11-12-29(28)44-15-13-25(14-16-44)43-17-19-45(20-18-43)34(47)49-35(2,3)4/h7-12,21-22,25H,1,13-20H2,2-6H3,(H,41,46)(H2,38,39,40,42). The topological polar surface area (TPSA) is 132 Å². The van der Waals surface area contributed by atoms with Crippen LogP contribution in [0, 0.1) is 0 Å². The Bertz CT molecular complexity index is 1780. The summed E-state index contributed by atoms with van der Waals surface area (Å²) in [6, 6.07) is 13.0. The lowest BCUT2D eigenvalue weighted by molar-refractivity contribution is -0.114. The number of piperazine rings is 1. The lowest BCUT2D eigenvalue weighted by atomic mass is 10.0. The Labute approximate surface area is 297 Å². The second-order valence-electron chi connectivity index (χ2n) is 13.8. The van der Waals surface area contributed by atoms with Crippen molar-refractivity contribution in [2.24, 2.45) is 0 Å². The molecule has 1 aromatic heterocycles. The fourth-order valence-corrected chi connectivity index (χ4v) is 7.36. The molecule has 2 aliphatic rings. The van der Waals surface area contributed by atoms with E-state index in [1.54, 1.807) is 30.4 Å². The van der Waals surface area contributed by atoms with Gasteiger partial charge < -0.3 is 35.1 Å². The van der Waals surface area contributed by atoms with Crippen LogP contribution in [0.25, 0.3) is 0 Å². The first-order chi connectivity index (χ1) is 23.6. The Hall–Kier alpha value is -4.19. The molecule has 0 radical (unpaired) electrons. The van der Waals surface area contributed by atoms with Crippen LogP contribution in [-0.4, -0.2) is 96.0 Å². The molecule has 3 N–H and O–H groups in total. The predicted octanol–water partition coefficient (Wildman–Crippen LogP) is 6.81. The average molecular weight is 727 g/mol. The molecule has 2 aliphatic heterocycles. The molecule has 268 valence electrons. The van der Waals surface area contributed by atoms with Crippen LogP contribution >= 0.6 is 18.7 Å². The zero-order valence-corrected chi connectivity index (χ0v) is 30.8. The molecule has 2 amide bonds. The maximum Gasteiger partial charge on any atom is 0.410 e. The van der Waals surface area contributed by atoms with E-state index in [-0.39, 0.29) is 17.1 Å². The first-order valence-electron chi connectivity index (χ1n) is 16.6. The van der Waals surface area contributed by atoms with Gasteiger partial charge in [0.15, 0.2) is 11.6 Å². The number of carbonyl (C=O) groups is 2. The summed E-state index contributed by atoms with van der Waals surface area (Å²) in [4.78, 5) is 40.2. The van der Waals surface area contributed by atoms with E-state index < -0.39 is 24.5 Å². The Morgan fingerprint density at radius 1 is 1.00 bits per heavy atom. The summed E-state index contributed by atoms with van der Waals surface area (Å²) >= 11 is 6.43. The molecule has 5 rings (SSSR count). The molecule has 2 fully saturated rings. The molecule has 12 nitrogen and oxygen atoms in total. The number of piperidine rings is 1. The third kappa shape index (κ3) is 9.53. The van der Waals surface area contributed by atoms with E-state index in [0.717, 1.165) is 44.7 Å². The summed E-state index contributed by atoms with van der Waals surface area (Å²) in [6.45, 7) is 16.4. The van der Waals surface area contributed by atoms with Gasteiger partial charge in [0.25, 0.3) is 5.91 Å². The molecular formula is C35H45ClFN8O4P. The summed E-state index contributed by atoms with van der Waals surface area (Å²) in [5.74, 6) is -1.49. The summed E-state index contributed by atoms with van der Waals surface area (Å²) in [6.07, 6.45) is 2.95. The molecular weight excluding hydrogens is 682 g/mol. The minimum Gasteiger partial charge on any atom is -0.444 e. The number of halogens is 2. The van der Waals surface area contributed by atoms with Crippen LogP contribution in [0.4, 0.5) is 43.7 Å². The van der Waals surface area contributed by atoms with Gasteiger partial charge in [-0.15, -0.1) is 0 Å².